The van der Waals surface area contributed by atoms with E-state index in [2.05, 4.69) is 10.6 Å². The van der Waals surface area contributed by atoms with Crippen LogP contribution in [0, 0.1) is 0 Å². The number of rotatable bonds is 4. The maximum atomic E-state index is 12.7. The molecule has 0 aromatic heterocycles. The summed E-state index contributed by atoms with van der Waals surface area (Å²) in [5, 5.41) is 6.66. The molecule has 0 saturated carbocycles. The first-order chi connectivity index (χ1) is 11.9. The molecular formula is C18H16Cl2N2O3. The Morgan fingerprint density at radius 2 is 1.56 bits per heavy atom. The molecule has 0 unspecified atom stereocenters. The number of benzene rings is 2. The standard InChI is InChI=1S/C18H16Cl2N2O3/c1-18(10-21-17(24)25-18)16(23)22-15(11-2-6-13(19)7-3-11)12-4-8-14(20)9-5-12/h2-9,15H,10H2,1H3,(H,21,24)(H,22,23)/t18-/m0/s1. The number of nitrogens with one attached hydrogen (secondary N) is 2. The van der Waals surface area contributed by atoms with Crippen LogP contribution in [0.25, 0.3) is 0 Å². The van der Waals surface area contributed by atoms with E-state index in [1.165, 1.54) is 0 Å². The Labute approximate surface area is 155 Å². The van der Waals surface area contributed by atoms with Gasteiger partial charge in [0.25, 0.3) is 5.91 Å². The average Bonchev–Trinajstić information content (AvgIpc) is 2.95. The molecule has 5 nitrogen and oxygen atoms in total. The largest absolute Gasteiger partial charge is 0.431 e. The Bertz CT molecular complexity index is 747. The molecule has 1 atom stereocenters. The molecule has 2 amide bonds. The Morgan fingerprint density at radius 1 is 1.08 bits per heavy atom. The minimum atomic E-state index is -1.26. The SMILES string of the molecule is C[C@@]1(C(=O)NC(c2ccc(Cl)cc2)c2ccc(Cl)cc2)CNC(=O)O1. The second-order valence-electron chi connectivity index (χ2n) is 5.98. The van der Waals surface area contributed by atoms with Crippen molar-refractivity contribution in [2.45, 2.75) is 18.6 Å². The first kappa shape index (κ1) is 17.6. The highest BCUT2D eigenvalue weighted by Gasteiger charge is 2.43. The molecule has 0 aliphatic carbocycles. The second kappa shape index (κ2) is 6.94. The van der Waals surface area contributed by atoms with Gasteiger partial charge in [0.2, 0.25) is 5.60 Å². The molecule has 1 heterocycles. The van der Waals surface area contributed by atoms with Gasteiger partial charge in [-0.3, -0.25) is 4.79 Å². The van der Waals surface area contributed by atoms with Gasteiger partial charge in [-0.2, -0.15) is 0 Å². The number of cyclic esters (lactones) is 1. The number of amides is 2. The van der Waals surface area contributed by atoms with Crippen molar-refractivity contribution in [3.8, 4) is 0 Å². The maximum Gasteiger partial charge on any atom is 0.408 e. The van der Waals surface area contributed by atoms with Crippen LogP contribution in [0.3, 0.4) is 0 Å². The van der Waals surface area contributed by atoms with Crippen molar-refractivity contribution in [1.29, 1.82) is 0 Å². The lowest BCUT2D eigenvalue weighted by Gasteiger charge is -2.26. The second-order valence-corrected chi connectivity index (χ2v) is 6.86. The lowest BCUT2D eigenvalue weighted by Crippen LogP contribution is -2.48. The van der Waals surface area contributed by atoms with Crippen LogP contribution in [0.1, 0.15) is 24.1 Å². The number of carbonyl (C=O) groups is 2. The Balaban J connectivity index is 1.91. The predicted molar refractivity (Wildman–Crippen MR) is 95.8 cm³/mol. The molecule has 0 bridgehead atoms. The highest BCUT2D eigenvalue weighted by Crippen LogP contribution is 2.26. The smallest absolute Gasteiger partial charge is 0.408 e. The van der Waals surface area contributed by atoms with Crippen molar-refractivity contribution < 1.29 is 14.3 Å². The van der Waals surface area contributed by atoms with E-state index in [-0.39, 0.29) is 12.5 Å². The number of hydrogen-bond acceptors (Lipinski definition) is 3. The molecule has 2 aromatic rings. The molecule has 2 aromatic carbocycles. The van der Waals surface area contributed by atoms with Crippen LogP contribution >= 0.6 is 23.2 Å². The van der Waals surface area contributed by atoms with Gasteiger partial charge in [-0.25, -0.2) is 4.79 Å². The quantitative estimate of drug-likeness (QED) is 0.852. The van der Waals surface area contributed by atoms with Crippen LogP contribution in [0.4, 0.5) is 4.79 Å². The summed E-state index contributed by atoms with van der Waals surface area (Å²) in [6.07, 6.45) is -0.604. The zero-order chi connectivity index (χ0) is 18.0. The summed E-state index contributed by atoms with van der Waals surface area (Å²) in [5.41, 5.74) is 0.440. The highest BCUT2D eigenvalue weighted by molar-refractivity contribution is 6.30. The number of ether oxygens (including phenoxy) is 1. The minimum absolute atomic E-state index is 0.117. The average molecular weight is 379 g/mol. The maximum absolute atomic E-state index is 12.7. The van der Waals surface area contributed by atoms with E-state index < -0.39 is 17.7 Å². The van der Waals surface area contributed by atoms with Crippen LogP contribution in [0.2, 0.25) is 10.0 Å². The van der Waals surface area contributed by atoms with E-state index in [1.54, 1.807) is 31.2 Å². The lowest BCUT2D eigenvalue weighted by atomic mass is 9.97. The molecule has 1 aliphatic heterocycles. The first-order valence-electron chi connectivity index (χ1n) is 7.66. The van der Waals surface area contributed by atoms with Crippen LogP contribution in [0.15, 0.2) is 48.5 Å². The molecule has 25 heavy (non-hydrogen) atoms. The van der Waals surface area contributed by atoms with Gasteiger partial charge in [0.05, 0.1) is 12.6 Å². The fourth-order valence-electron chi connectivity index (χ4n) is 2.60. The molecule has 130 valence electrons. The molecule has 7 heteroatoms. The molecule has 0 radical (unpaired) electrons. The van der Waals surface area contributed by atoms with Gasteiger partial charge in [0.1, 0.15) is 0 Å². The fraction of sp³-hybridized carbons (Fsp3) is 0.222. The molecule has 1 aliphatic rings. The Morgan fingerprint density at radius 3 is 1.96 bits per heavy atom. The van der Waals surface area contributed by atoms with Crippen LogP contribution < -0.4 is 10.6 Å². The molecule has 1 fully saturated rings. The third kappa shape index (κ3) is 3.89. The summed E-state index contributed by atoms with van der Waals surface area (Å²) in [6.45, 7) is 1.69. The molecule has 1 saturated heterocycles. The van der Waals surface area contributed by atoms with E-state index >= 15 is 0 Å². The Hall–Kier alpha value is -2.24. The number of hydrogen-bond donors (Lipinski definition) is 2. The third-order valence-electron chi connectivity index (χ3n) is 4.05. The molecular weight excluding hydrogens is 363 g/mol. The van der Waals surface area contributed by atoms with Crippen LogP contribution in [0.5, 0.6) is 0 Å². The summed E-state index contributed by atoms with van der Waals surface area (Å²) in [6, 6.07) is 13.9. The zero-order valence-electron chi connectivity index (χ0n) is 13.4. The van der Waals surface area contributed by atoms with Gasteiger partial charge < -0.3 is 15.4 Å². The minimum Gasteiger partial charge on any atom is -0.431 e. The fourth-order valence-corrected chi connectivity index (χ4v) is 2.85. The van der Waals surface area contributed by atoms with Crippen molar-refractivity contribution in [2.24, 2.45) is 0 Å². The summed E-state index contributed by atoms with van der Waals surface area (Å²) in [7, 11) is 0. The van der Waals surface area contributed by atoms with E-state index in [4.69, 9.17) is 27.9 Å². The van der Waals surface area contributed by atoms with Crippen molar-refractivity contribution in [2.75, 3.05) is 6.54 Å². The van der Waals surface area contributed by atoms with Crippen molar-refractivity contribution in [3.05, 3.63) is 69.7 Å². The van der Waals surface area contributed by atoms with Crippen molar-refractivity contribution in [1.82, 2.24) is 10.6 Å². The van der Waals surface area contributed by atoms with E-state index in [1.807, 2.05) is 24.3 Å². The number of halogens is 2. The molecule has 3 rings (SSSR count). The summed E-state index contributed by atoms with van der Waals surface area (Å²) < 4.78 is 5.12. The molecule has 2 N–H and O–H groups in total. The third-order valence-corrected chi connectivity index (χ3v) is 4.55. The van der Waals surface area contributed by atoms with E-state index in [0.29, 0.717) is 10.0 Å². The summed E-state index contributed by atoms with van der Waals surface area (Å²) >= 11 is 11.9. The van der Waals surface area contributed by atoms with Gasteiger partial charge in [0, 0.05) is 10.0 Å². The van der Waals surface area contributed by atoms with Crippen molar-refractivity contribution in [3.63, 3.8) is 0 Å². The van der Waals surface area contributed by atoms with Crippen LogP contribution in [-0.2, 0) is 9.53 Å². The normalized spacial score (nSPS) is 19.4. The van der Waals surface area contributed by atoms with Gasteiger partial charge in [-0.15, -0.1) is 0 Å². The molecule has 0 spiro atoms. The van der Waals surface area contributed by atoms with Gasteiger partial charge in [-0.1, -0.05) is 47.5 Å². The van der Waals surface area contributed by atoms with Gasteiger partial charge in [-0.05, 0) is 42.3 Å². The number of carbonyl (C=O) groups excluding carboxylic acids is 2. The van der Waals surface area contributed by atoms with E-state index in [9.17, 15) is 9.59 Å². The van der Waals surface area contributed by atoms with Gasteiger partial charge in [0.15, 0.2) is 0 Å². The Kier molecular flexibility index (Phi) is 4.88. The summed E-state index contributed by atoms with van der Waals surface area (Å²) in [5.74, 6) is -0.388. The van der Waals surface area contributed by atoms with Gasteiger partial charge >= 0.3 is 6.09 Å². The zero-order valence-corrected chi connectivity index (χ0v) is 14.9. The van der Waals surface area contributed by atoms with Crippen molar-refractivity contribution >= 4 is 35.2 Å². The number of alkyl carbamates (subject to hydrolysis) is 1. The first-order valence-corrected chi connectivity index (χ1v) is 8.42. The summed E-state index contributed by atoms with van der Waals surface area (Å²) in [4.78, 5) is 24.0. The predicted octanol–water partition coefficient (Wildman–Crippen LogP) is 3.70. The van der Waals surface area contributed by atoms with E-state index in [0.717, 1.165) is 11.1 Å². The lowest BCUT2D eigenvalue weighted by molar-refractivity contribution is -0.135. The topological polar surface area (TPSA) is 67.4 Å². The monoisotopic (exact) mass is 378 g/mol. The highest BCUT2D eigenvalue weighted by atomic mass is 35.5. The van der Waals surface area contributed by atoms with Crippen LogP contribution in [-0.4, -0.2) is 24.1 Å².